The third kappa shape index (κ3) is 2.22. The van der Waals surface area contributed by atoms with Gasteiger partial charge in [-0.15, -0.1) is 0 Å². The summed E-state index contributed by atoms with van der Waals surface area (Å²) in [4.78, 5) is 0. The van der Waals surface area contributed by atoms with E-state index in [1.807, 2.05) is 18.2 Å². The Hall–Kier alpha value is -1.85. The molecule has 0 bridgehead atoms. The predicted octanol–water partition coefficient (Wildman–Crippen LogP) is 3.23. The second-order valence-electron chi connectivity index (χ2n) is 5.66. The summed E-state index contributed by atoms with van der Waals surface area (Å²) in [5.41, 5.74) is 0. The van der Waals surface area contributed by atoms with Gasteiger partial charge in [-0.25, -0.2) is 0 Å². The molecule has 0 spiro atoms. The molecule has 3 aromatic carbocycles. The summed E-state index contributed by atoms with van der Waals surface area (Å²) >= 11 is 0. The molecule has 0 saturated carbocycles. The molecule has 0 fully saturated rings. The van der Waals surface area contributed by atoms with Gasteiger partial charge in [-0.05, 0) is 0 Å². The SMILES string of the molecule is [B]P(C)(c1ccccc1)(c1ccccc1)c1ccccc1. The van der Waals surface area contributed by atoms with Crippen molar-refractivity contribution < 1.29 is 0 Å². The Labute approximate surface area is 128 Å². The maximum atomic E-state index is 7.24. The van der Waals surface area contributed by atoms with E-state index < -0.39 is 6.48 Å². The Bertz CT molecular complexity index is 618. The zero-order chi connectivity index (χ0) is 14.8. The molecule has 0 aromatic heterocycles. The van der Waals surface area contributed by atoms with Gasteiger partial charge in [-0.3, -0.25) is 0 Å². The molecule has 0 aliphatic rings. The second-order valence-corrected chi connectivity index (χ2v) is 10.5. The molecule has 2 radical (unpaired) electrons. The van der Waals surface area contributed by atoms with Crippen LogP contribution in [0.4, 0.5) is 0 Å². The van der Waals surface area contributed by atoms with Crippen molar-refractivity contribution in [2.45, 2.75) is 0 Å². The van der Waals surface area contributed by atoms with Crippen LogP contribution in [0.3, 0.4) is 0 Å². The third-order valence-electron chi connectivity index (χ3n) is 4.26. The second kappa shape index (κ2) is 5.17. The molecule has 3 aromatic rings. The summed E-state index contributed by atoms with van der Waals surface area (Å²) in [7, 11) is 7.24. The molecule has 0 unspecified atom stereocenters. The summed E-state index contributed by atoms with van der Waals surface area (Å²) in [5, 5.41) is 3.63. The van der Waals surface area contributed by atoms with E-state index in [4.69, 9.17) is 7.57 Å². The van der Waals surface area contributed by atoms with Gasteiger partial charge in [0, 0.05) is 0 Å². The summed E-state index contributed by atoms with van der Waals surface area (Å²) < 4.78 is 0. The zero-order valence-electron chi connectivity index (χ0n) is 12.2. The molecule has 0 aliphatic heterocycles. The van der Waals surface area contributed by atoms with Gasteiger partial charge in [0.05, 0.1) is 0 Å². The van der Waals surface area contributed by atoms with Gasteiger partial charge in [0.15, 0.2) is 0 Å². The van der Waals surface area contributed by atoms with Gasteiger partial charge < -0.3 is 0 Å². The molecule has 2 heteroatoms. The molecular formula is C19H18BP. The van der Waals surface area contributed by atoms with E-state index in [1.165, 1.54) is 15.9 Å². The van der Waals surface area contributed by atoms with E-state index in [0.717, 1.165) is 0 Å². The minimum absolute atomic E-state index is 1.21. The van der Waals surface area contributed by atoms with E-state index in [-0.39, 0.29) is 0 Å². The first-order valence-electron chi connectivity index (χ1n) is 7.11. The molecule has 102 valence electrons. The van der Waals surface area contributed by atoms with Gasteiger partial charge in [0.25, 0.3) is 0 Å². The molecule has 21 heavy (non-hydrogen) atoms. The first-order chi connectivity index (χ1) is 10.1. The fraction of sp³-hybridized carbons (Fsp3) is 0.0526. The molecule has 0 heterocycles. The Morgan fingerprint density at radius 3 is 1.00 bits per heavy atom. The summed E-state index contributed by atoms with van der Waals surface area (Å²) in [5.74, 6) is 0. The van der Waals surface area contributed by atoms with E-state index in [2.05, 4.69) is 79.5 Å². The summed E-state index contributed by atoms with van der Waals surface area (Å²) in [6.45, 7) is -0.647. The topological polar surface area (TPSA) is 0 Å². The van der Waals surface area contributed by atoms with Crippen LogP contribution in [0.15, 0.2) is 91.0 Å². The van der Waals surface area contributed by atoms with Crippen molar-refractivity contribution in [1.82, 2.24) is 0 Å². The Balaban J connectivity index is 2.36. The number of hydrogen-bond donors (Lipinski definition) is 0. The normalized spacial score (nSPS) is 13.3. The van der Waals surface area contributed by atoms with Crippen LogP contribution in [-0.2, 0) is 0 Å². The average Bonchev–Trinajstić information content (AvgIpc) is 2.57. The fourth-order valence-corrected chi connectivity index (χ4v) is 6.60. The number of benzene rings is 3. The van der Waals surface area contributed by atoms with Crippen LogP contribution in [0.5, 0.6) is 0 Å². The molecule has 3 rings (SSSR count). The van der Waals surface area contributed by atoms with Crippen molar-refractivity contribution >= 4 is 30.0 Å². The quantitative estimate of drug-likeness (QED) is 0.513. The summed E-state index contributed by atoms with van der Waals surface area (Å²) in [6.07, 6.45) is 0. The van der Waals surface area contributed by atoms with Crippen molar-refractivity contribution in [2.75, 3.05) is 6.66 Å². The van der Waals surface area contributed by atoms with Crippen LogP contribution >= 0.6 is 6.48 Å². The first-order valence-corrected chi connectivity index (χ1v) is 9.86. The van der Waals surface area contributed by atoms with Crippen LogP contribution in [0.2, 0.25) is 0 Å². The molecule has 0 saturated heterocycles. The van der Waals surface area contributed by atoms with Gasteiger partial charge in [0.1, 0.15) is 0 Å². The summed E-state index contributed by atoms with van der Waals surface area (Å²) in [6, 6.07) is 31.4. The first kappa shape index (κ1) is 14.1. The Morgan fingerprint density at radius 2 is 0.762 bits per heavy atom. The molecule has 0 amide bonds. The van der Waals surface area contributed by atoms with Crippen molar-refractivity contribution in [1.29, 1.82) is 0 Å². The Morgan fingerprint density at radius 1 is 0.524 bits per heavy atom. The van der Waals surface area contributed by atoms with E-state index in [9.17, 15) is 0 Å². The van der Waals surface area contributed by atoms with Crippen molar-refractivity contribution in [3.63, 3.8) is 0 Å². The van der Waals surface area contributed by atoms with Crippen LogP contribution in [0.1, 0.15) is 0 Å². The molecular weight excluding hydrogens is 270 g/mol. The van der Waals surface area contributed by atoms with Crippen molar-refractivity contribution in [3.8, 4) is 0 Å². The zero-order valence-corrected chi connectivity index (χ0v) is 13.1. The number of rotatable bonds is 3. The predicted molar refractivity (Wildman–Crippen MR) is 96.8 cm³/mol. The van der Waals surface area contributed by atoms with Gasteiger partial charge >= 0.3 is 128 Å². The van der Waals surface area contributed by atoms with Crippen LogP contribution in [0.25, 0.3) is 0 Å². The van der Waals surface area contributed by atoms with Gasteiger partial charge in [0.2, 0.25) is 0 Å². The molecule has 0 aliphatic carbocycles. The van der Waals surface area contributed by atoms with Crippen molar-refractivity contribution in [2.24, 2.45) is 0 Å². The van der Waals surface area contributed by atoms with Gasteiger partial charge in [-0.1, -0.05) is 0 Å². The van der Waals surface area contributed by atoms with Gasteiger partial charge in [-0.2, -0.15) is 0 Å². The number of hydrogen-bond acceptors (Lipinski definition) is 0. The van der Waals surface area contributed by atoms with E-state index >= 15 is 0 Å². The van der Waals surface area contributed by atoms with E-state index in [1.54, 1.807) is 0 Å². The molecule has 0 N–H and O–H groups in total. The van der Waals surface area contributed by atoms with Crippen LogP contribution in [0, 0.1) is 0 Å². The third-order valence-corrected chi connectivity index (χ3v) is 9.15. The van der Waals surface area contributed by atoms with Crippen LogP contribution in [-0.4, -0.2) is 14.2 Å². The monoisotopic (exact) mass is 288 g/mol. The van der Waals surface area contributed by atoms with Crippen LogP contribution < -0.4 is 15.9 Å². The molecule has 0 atom stereocenters. The standard InChI is InChI=1S/C19H18BP/c1-21(20,17-11-5-2-6-12-17,18-13-7-3-8-14-18)19-15-9-4-10-16-19/h2-16H,1H3. The molecule has 0 nitrogen and oxygen atoms in total. The maximum absolute atomic E-state index is 7.24. The Kier molecular flexibility index (Phi) is 3.47. The average molecular weight is 288 g/mol. The van der Waals surface area contributed by atoms with E-state index in [0.29, 0.717) is 0 Å². The van der Waals surface area contributed by atoms with Crippen molar-refractivity contribution in [3.05, 3.63) is 91.0 Å². The fourth-order valence-electron chi connectivity index (χ4n) is 2.88. The minimum atomic E-state index is -2.87.